The number of nitro benzene ring substituents is 2. The lowest BCUT2D eigenvalue weighted by molar-refractivity contribution is -0.396. The predicted molar refractivity (Wildman–Crippen MR) is 124 cm³/mol. The van der Waals surface area contributed by atoms with E-state index in [1.165, 1.54) is 0 Å². The molecule has 1 amide bonds. The molecule has 0 spiro atoms. The second-order valence-electron chi connectivity index (χ2n) is 8.06. The fraction of sp³-hybridized carbons (Fsp3) is 0.500. The first-order chi connectivity index (χ1) is 18.0. The zero-order valence-electron chi connectivity index (χ0n) is 20.8. The van der Waals surface area contributed by atoms with Gasteiger partial charge in [-0.25, -0.2) is 8.42 Å². The van der Waals surface area contributed by atoms with Crippen molar-refractivity contribution < 1.29 is 56.4 Å². The van der Waals surface area contributed by atoms with Gasteiger partial charge in [0, 0.05) is 33.8 Å². The van der Waals surface area contributed by atoms with Crippen molar-refractivity contribution in [1.29, 1.82) is 0 Å². The molecule has 1 aliphatic rings. The van der Waals surface area contributed by atoms with E-state index in [2.05, 4.69) is 5.32 Å². The molecule has 0 unspecified atom stereocenters. The van der Waals surface area contributed by atoms with E-state index in [1.54, 1.807) is 0 Å². The standard InChI is InChI=1S/C20H24N4O14S/c1-9(25)21-17-19(37-12(4)28)18(36-11(3)27)15(8-35-10(2)26)38-20(17)22-39(33,34)16-6-5-13(23(29)30)7-14(16)24(31)32/h5-7,15,17-20,22H,8H2,1-4H3,(H,21,25)/t15-,17-,18-,19-,20-/m1/s1. The molecule has 0 aliphatic carbocycles. The van der Waals surface area contributed by atoms with Crippen LogP contribution in [0.3, 0.4) is 0 Å². The molecule has 1 aliphatic heterocycles. The summed E-state index contributed by atoms with van der Waals surface area (Å²) in [5, 5.41) is 24.9. The first kappa shape index (κ1) is 31.0. The number of rotatable bonds is 10. The summed E-state index contributed by atoms with van der Waals surface area (Å²) in [6, 6.07) is 0.187. The number of nitrogens with zero attached hydrogens (tertiary/aromatic N) is 2. The minimum Gasteiger partial charge on any atom is -0.463 e. The van der Waals surface area contributed by atoms with Gasteiger partial charge in [0.2, 0.25) is 15.9 Å². The minimum atomic E-state index is -4.94. The number of nitrogens with one attached hydrogen (secondary N) is 2. The molecule has 5 atom stereocenters. The van der Waals surface area contributed by atoms with E-state index >= 15 is 0 Å². The van der Waals surface area contributed by atoms with Crippen LogP contribution >= 0.6 is 0 Å². The molecule has 2 rings (SSSR count). The number of nitro groups is 2. The van der Waals surface area contributed by atoms with Gasteiger partial charge < -0.3 is 24.3 Å². The van der Waals surface area contributed by atoms with Crippen LogP contribution in [0.5, 0.6) is 0 Å². The maximum absolute atomic E-state index is 13.2. The molecule has 1 fully saturated rings. The molecule has 1 aromatic rings. The average Bonchev–Trinajstić information content (AvgIpc) is 2.80. The fourth-order valence-electron chi connectivity index (χ4n) is 3.64. The highest BCUT2D eigenvalue weighted by Gasteiger charge is 2.52. The first-order valence-corrected chi connectivity index (χ1v) is 12.4. The van der Waals surface area contributed by atoms with Crippen LogP contribution in [0.2, 0.25) is 0 Å². The molecule has 19 heteroatoms. The molecule has 39 heavy (non-hydrogen) atoms. The summed E-state index contributed by atoms with van der Waals surface area (Å²) in [5.74, 6) is -3.40. The van der Waals surface area contributed by atoms with Crippen LogP contribution in [0.1, 0.15) is 27.7 Å². The van der Waals surface area contributed by atoms with Crippen LogP contribution in [0.15, 0.2) is 23.1 Å². The molecule has 1 heterocycles. The molecule has 0 aromatic heterocycles. The van der Waals surface area contributed by atoms with Gasteiger partial charge in [-0.2, -0.15) is 4.72 Å². The molecule has 0 bridgehead atoms. The quantitative estimate of drug-likeness (QED) is 0.153. The van der Waals surface area contributed by atoms with E-state index in [0.717, 1.165) is 33.8 Å². The lowest BCUT2D eigenvalue weighted by atomic mass is 9.95. The Morgan fingerprint density at radius 1 is 0.949 bits per heavy atom. The van der Waals surface area contributed by atoms with Gasteiger partial charge in [-0.1, -0.05) is 0 Å². The molecule has 1 aromatic carbocycles. The fourth-order valence-corrected chi connectivity index (χ4v) is 4.93. The molecular weight excluding hydrogens is 552 g/mol. The van der Waals surface area contributed by atoms with Crippen molar-refractivity contribution in [3.05, 3.63) is 38.4 Å². The van der Waals surface area contributed by atoms with Crippen molar-refractivity contribution in [1.82, 2.24) is 10.0 Å². The molecule has 1 saturated heterocycles. The zero-order chi connectivity index (χ0) is 29.7. The normalized spacial score (nSPS) is 22.7. The van der Waals surface area contributed by atoms with Crippen LogP contribution in [-0.4, -0.2) is 79.3 Å². The number of ether oxygens (including phenoxy) is 4. The number of carbonyl (C=O) groups is 4. The first-order valence-electron chi connectivity index (χ1n) is 10.9. The number of benzene rings is 1. The van der Waals surface area contributed by atoms with Crippen LogP contribution in [0, 0.1) is 20.2 Å². The van der Waals surface area contributed by atoms with Crippen LogP contribution in [0.25, 0.3) is 0 Å². The van der Waals surface area contributed by atoms with Gasteiger partial charge in [-0.15, -0.1) is 0 Å². The third kappa shape index (κ3) is 8.12. The van der Waals surface area contributed by atoms with Crippen molar-refractivity contribution in [2.24, 2.45) is 0 Å². The van der Waals surface area contributed by atoms with Gasteiger partial charge in [0.15, 0.2) is 17.1 Å². The van der Waals surface area contributed by atoms with Gasteiger partial charge in [-0.05, 0) is 6.07 Å². The van der Waals surface area contributed by atoms with Gasteiger partial charge in [0.1, 0.15) is 25.0 Å². The van der Waals surface area contributed by atoms with Gasteiger partial charge in [0.25, 0.3) is 11.4 Å². The Bertz CT molecular complexity index is 1280. The highest BCUT2D eigenvalue weighted by Crippen LogP contribution is 2.31. The SMILES string of the molecule is CC(=O)N[C@@H]1[C@@H](OC(C)=O)[C@H](OC(C)=O)[C@@H](COC(C)=O)O[C@H]1NS(=O)(=O)c1ccc([N+](=O)[O-])cc1[N+](=O)[O-]. The third-order valence-corrected chi connectivity index (χ3v) is 6.49. The molecule has 18 nitrogen and oxygen atoms in total. The number of sulfonamides is 1. The number of hydrogen-bond donors (Lipinski definition) is 2. The van der Waals surface area contributed by atoms with Crippen molar-refractivity contribution in [2.45, 2.75) is 63.2 Å². The zero-order valence-corrected chi connectivity index (χ0v) is 21.7. The molecule has 214 valence electrons. The van der Waals surface area contributed by atoms with Crippen LogP contribution < -0.4 is 10.0 Å². The number of esters is 3. The van der Waals surface area contributed by atoms with Gasteiger partial charge in [-0.3, -0.25) is 39.4 Å². The second-order valence-corrected chi connectivity index (χ2v) is 9.74. The Morgan fingerprint density at radius 2 is 1.54 bits per heavy atom. The van der Waals surface area contributed by atoms with Crippen molar-refractivity contribution in [2.75, 3.05) is 6.61 Å². The van der Waals surface area contributed by atoms with E-state index in [-0.39, 0.29) is 0 Å². The van der Waals surface area contributed by atoms with Crippen LogP contribution in [0.4, 0.5) is 11.4 Å². The minimum absolute atomic E-state index is 0.434. The van der Waals surface area contributed by atoms with Gasteiger partial charge in [0.05, 0.1) is 15.9 Å². The summed E-state index contributed by atoms with van der Waals surface area (Å²) in [5.41, 5.74) is -1.90. The molecular formula is C20H24N4O14S. The van der Waals surface area contributed by atoms with E-state index in [1.807, 2.05) is 4.72 Å². The largest absolute Gasteiger partial charge is 0.463 e. The summed E-state index contributed by atoms with van der Waals surface area (Å²) in [6.07, 6.45) is -6.45. The van der Waals surface area contributed by atoms with Gasteiger partial charge >= 0.3 is 17.9 Å². The highest BCUT2D eigenvalue weighted by atomic mass is 32.2. The average molecular weight is 576 g/mol. The van der Waals surface area contributed by atoms with E-state index < -0.39 is 97.1 Å². The van der Waals surface area contributed by atoms with Crippen molar-refractivity contribution in [3.8, 4) is 0 Å². The topological polar surface area (TPSA) is 250 Å². The Hall–Kier alpha value is -4.23. The smallest absolute Gasteiger partial charge is 0.303 e. The van der Waals surface area contributed by atoms with Crippen molar-refractivity contribution >= 4 is 45.2 Å². The Morgan fingerprint density at radius 3 is 2.03 bits per heavy atom. The summed E-state index contributed by atoms with van der Waals surface area (Å²) >= 11 is 0. The number of amides is 1. The second kappa shape index (κ2) is 12.5. The highest BCUT2D eigenvalue weighted by molar-refractivity contribution is 7.89. The summed E-state index contributed by atoms with van der Waals surface area (Å²) in [6.45, 7) is 3.42. The maximum Gasteiger partial charge on any atom is 0.303 e. The lowest BCUT2D eigenvalue weighted by Crippen LogP contribution is -2.69. The Balaban J connectivity index is 2.62. The summed E-state index contributed by atoms with van der Waals surface area (Å²) in [7, 11) is -4.94. The van der Waals surface area contributed by atoms with E-state index in [0.29, 0.717) is 12.1 Å². The lowest BCUT2D eigenvalue weighted by Gasteiger charge is -2.45. The monoisotopic (exact) mass is 576 g/mol. The molecule has 0 radical (unpaired) electrons. The number of non-ortho nitro benzene ring substituents is 1. The summed E-state index contributed by atoms with van der Waals surface area (Å²) in [4.78, 5) is 66.5. The Labute approximate surface area is 220 Å². The summed E-state index contributed by atoms with van der Waals surface area (Å²) < 4.78 is 49.5. The maximum atomic E-state index is 13.2. The van der Waals surface area contributed by atoms with Crippen LogP contribution in [-0.2, 0) is 48.1 Å². The predicted octanol–water partition coefficient (Wildman–Crippen LogP) is -0.563. The molecule has 2 N–H and O–H groups in total. The number of hydrogen-bond acceptors (Lipinski definition) is 14. The number of carbonyl (C=O) groups excluding carboxylic acids is 4. The third-order valence-electron chi connectivity index (χ3n) is 5.03. The van der Waals surface area contributed by atoms with Crippen molar-refractivity contribution in [3.63, 3.8) is 0 Å². The molecule has 0 saturated carbocycles. The van der Waals surface area contributed by atoms with E-state index in [4.69, 9.17) is 18.9 Å². The van der Waals surface area contributed by atoms with E-state index in [9.17, 15) is 47.8 Å². The Kier molecular flexibility index (Phi) is 9.97.